The van der Waals surface area contributed by atoms with Crippen molar-refractivity contribution in [1.29, 1.82) is 0 Å². The van der Waals surface area contributed by atoms with Crippen LogP contribution in [-0.4, -0.2) is 5.97 Å². The average molecular weight is 294 g/mol. The van der Waals surface area contributed by atoms with Gasteiger partial charge in [0.15, 0.2) is 0 Å². The molecule has 0 aromatic heterocycles. The van der Waals surface area contributed by atoms with Crippen LogP contribution in [0.1, 0.15) is 18.1 Å². The minimum atomic E-state index is -4.41. The molecule has 0 fully saturated rings. The number of hydrogen-bond acceptors (Lipinski definition) is 2. The molecule has 5 heteroatoms. The van der Waals surface area contributed by atoms with E-state index in [1.165, 1.54) is 19.1 Å². The van der Waals surface area contributed by atoms with Crippen LogP contribution in [0.15, 0.2) is 48.5 Å². The van der Waals surface area contributed by atoms with Gasteiger partial charge in [-0.15, -0.1) is 0 Å². The Kier molecular flexibility index (Phi) is 4.31. The van der Waals surface area contributed by atoms with Gasteiger partial charge in [0.25, 0.3) is 0 Å². The lowest BCUT2D eigenvalue weighted by atomic mass is 9.98. The largest absolute Gasteiger partial charge is 0.461 e. The first kappa shape index (κ1) is 15.1. The zero-order valence-corrected chi connectivity index (χ0v) is 11.3. The smallest absolute Gasteiger partial charge is 0.417 e. The van der Waals surface area contributed by atoms with Crippen molar-refractivity contribution < 1.29 is 22.7 Å². The third kappa shape index (κ3) is 3.84. The molecule has 0 saturated carbocycles. The molecule has 0 bridgehead atoms. The van der Waals surface area contributed by atoms with Crippen molar-refractivity contribution in [3.8, 4) is 11.1 Å². The third-order valence-corrected chi connectivity index (χ3v) is 2.91. The van der Waals surface area contributed by atoms with Gasteiger partial charge in [-0.1, -0.05) is 36.4 Å². The van der Waals surface area contributed by atoms with Crippen molar-refractivity contribution in [3.05, 3.63) is 59.7 Å². The first-order valence-electron chi connectivity index (χ1n) is 6.27. The lowest BCUT2D eigenvalue weighted by Gasteiger charge is -2.13. The highest BCUT2D eigenvalue weighted by atomic mass is 19.4. The Bertz CT molecular complexity index is 648. The van der Waals surface area contributed by atoms with Gasteiger partial charge in [-0.05, 0) is 28.8 Å². The highest BCUT2D eigenvalue weighted by Gasteiger charge is 2.33. The summed E-state index contributed by atoms with van der Waals surface area (Å²) in [5.74, 6) is -0.434. The van der Waals surface area contributed by atoms with E-state index in [-0.39, 0.29) is 12.2 Å². The molecule has 0 spiro atoms. The number of alkyl halides is 3. The predicted molar refractivity (Wildman–Crippen MR) is 72.4 cm³/mol. The fourth-order valence-electron chi connectivity index (χ4n) is 2.00. The van der Waals surface area contributed by atoms with Crippen LogP contribution in [0.3, 0.4) is 0 Å². The summed E-state index contributed by atoms with van der Waals surface area (Å²) in [5, 5.41) is 0. The summed E-state index contributed by atoms with van der Waals surface area (Å²) in [5.41, 5.74) is 0.497. The molecule has 0 N–H and O–H groups in total. The van der Waals surface area contributed by atoms with Crippen LogP contribution in [0, 0.1) is 0 Å². The normalized spacial score (nSPS) is 11.2. The van der Waals surface area contributed by atoms with Crippen molar-refractivity contribution in [2.75, 3.05) is 0 Å². The molecule has 0 aliphatic heterocycles. The molecule has 110 valence electrons. The predicted octanol–water partition coefficient (Wildman–Crippen LogP) is 4.44. The highest BCUT2D eigenvalue weighted by Crippen LogP contribution is 2.37. The molecule has 2 aromatic rings. The van der Waals surface area contributed by atoms with E-state index in [9.17, 15) is 18.0 Å². The zero-order valence-electron chi connectivity index (χ0n) is 11.3. The fraction of sp³-hybridized carbons (Fsp3) is 0.188. The Hall–Kier alpha value is -2.30. The maximum Gasteiger partial charge on any atom is 0.417 e. The van der Waals surface area contributed by atoms with Crippen LogP contribution in [0.25, 0.3) is 11.1 Å². The molecule has 0 unspecified atom stereocenters. The van der Waals surface area contributed by atoms with E-state index >= 15 is 0 Å². The van der Waals surface area contributed by atoms with Gasteiger partial charge >= 0.3 is 12.1 Å². The summed E-state index contributed by atoms with van der Waals surface area (Å²) in [6, 6.07) is 11.9. The summed E-state index contributed by atoms with van der Waals surface area (Å²) in [6.45, 7) is 1.32. The second-order valence-corrected chi connectivity index (χ2v) is 4.52. The number of carbonyl (C=O) groups is 1. The van der Waals surface area contributed by atoms with Crippen LogP contribution in [0.2, 0.25) is 0 Å². The molecule has 2 aromatic carbocycles. The monoisotopic (exact) mass is 294 g/mol. The van der Waals surface area contributed by atoms with Gasteiger partial charge < -0.3 is 4.74 Å². The number of hydrogen-bond donors (Lipinski definition) is 0. The summed E-state index contributed by atoms with van der Waals surface area (Å²) >= 11 is 0. The Morgan fingerprint density at radius 1 is 1.10 bits per heavy atom. The van der Waals surface area contributed by atoms with E-state index < -0.39 is 17.7 Å². The van der Waals surface area contributed by atoms with Gasteiger partial charge in [0.05, 0.1) is 5.56 Å². The summed E-state index contributed by atoms with van der Waals surface area (Å²) in [4.78, 5) is 10.8. The van der Waals surface area contributed by atoms with E-state index in [0.29, 0.717) is 11.1 Å². The molecule has 0 aliphatic rings. The van der Waals surface area contributed by atoms with E-state index in [0.717, 1.165) is 6.07 Å². The molecule has 21 heavy (non-hydrogen) atoms. The van der Waals surface area contributed by atoms with Crippen LogP contribution < -0.4 is 0 Å². The van der Waals surface area contributed by atoms with Crippen molar-refractivity contribution in [2.45, 2.75) is 19.7 Å². The molecule has 0 heterocycles. The number of halogens is 3. The Labute approximate surface area is 120 Å². The molecular weight excluding hydrogens is 281 g/mol. The van der Waals surface area contributed by atoms with Gasteiger partial charge in [-0.3, -0.25) is 4.79 Å². The van der Waals surface area contributed by atoms with Gasteiger partial charge in [0.1, 0.15) is 6.61 Å². The van der Waals surface area contributed by atoms with E-state index in [2.05, 4.69) is 0 Å². The molecular formula is C16H13F3O2. The molecule has 0 radical (unpaired) electrons. The fourth-order valence-corrected chi connectivity index (χ4v) is 2.00. The maximum atomic E-state index is 13.0. The topological polar surface area (TPSA) is 26.3 Å². The second-order valence-electron chi connectivity index (χ2n) is 4.52. The van der Waals surface area contributed by atoms with E-state index in [1.54, 1.807) is 30.3 Å². The lowest BCUT2D eigenvalue weighted by molar-refractivity contribution is -0.142. The van der Waals surface area contributed by atoms with Gasteiger partial charge in [0.2, 0.25) is 0 Å². The van der Waals surface area contributed by atoms with Crippen LogP contribution in [0.5, 0.6) is 0 Å². The Morgan fingerprint density at radius 2 is 1.81 bits per heavy atom. The van der Waals surface area contributed by atoms with E-state index in [1.807, 2.05) is 0 Å². The summed E-state index contributed by atoms with van der Waals surface area (Å²) in [6.07, 6.45) is -4.41. The second kappa shape index (κ2) is 5.99. The van der Waals surface area contributed by atoms with Crippen LogP contribution in [-0.2, 0) is 22.3 Å². The van der Waals surface area contributed by atoms with Crippen molar-refractivity contribution in [1.82, 2.24) is 0 Å². The molecule has 0 aliphatic carbocycles. The van der Waals surface area contributed by atoms with Crippen molar-refractivity contribution >= 4 is 5.97 Å². The van der Waals surface area contributed by atoms with Gasteiger partial charge in [0, 0.05) is 6.92 Å². The van der Waals surface area contributed by atoms with Crippen molar-refractivity contribution in [3.63, 3.8) is 0 Å². The number of rotatable bonds is 3. The molecule has 2 rings (SSSR count). The molecule has 0 saturated heterocycles. The van der Waals surface area contributed by atoms with E-state index in [4.69, 9.17) is 4.74 Å². The van der Waals surface area contributed by atoms with Gasteiger partial charge in [-0.2, -0.15) is 13.2 Å². The third-order valence-electron chi connectivity index (χ3n) is 2.91. The summed E-state index contributed by atoms with van der Waals surface area (Å²) < 4.78 is 43.9. The standard InChI is InChI=1S/C16H13F3O2/c1-11(20)21-10-12-5-4-6-13(9-12)14-7-2-3-8-15(14)16(17,18)19/h2-9H,10H2,1H3. The minimum Gasteiger partial charge on any atom is -0.461 e. The number of carbonyl (C=O) groups excluding carboxylic acids is 1. The molecule has 0 amide bonds. The lowest BCUT2D eigenvalue weighted by Crippen LogP contribution is -2.07. The van der Waals surface area contributed by atoms with Crippen molar-refractivity contribution in [2.24, 2.45) is 0 Å². The number of ether oxygens (including phenoxy) is 1. The highest BCUT2D eigenvalue weighted by molar-refractivity contribution is 5.69. The average Bonchev–Trinajstić information content (AvgIpc) is 2.44. The Balaban J connectivity index is 2.39. The molecule has 2 nitrogen and oxygen atoms in total. The maximum absolute atomic E-state index is 13.0. The zero-order chi connectivity index (χ0) is 15.5. The summed E-state index contributed by atoms with van der Waals surface area (Å²) in [7, 11) is 0. The first-order chi connectivity index (χ1) is 9.88. The first-order valence-corrected chi connectivity index (χ1v) is 6.27. The quantitative estimate of drug-likeness (QED) is 0.782. The van der Waals surface area contributed by atoms with Gasteiger partial charge in [-0.25, -0.2) is 0 Å². The minimum absolute atomic E-state index is 0.0390. The Morgan fingerprint density at radius 3 is 2.48 bits per heavy atom. The number of benzene rings is 2. The van der Waals surface area contributed by atoms with Crippen LogP contribution in [0.4, 0.5) is 13.2 Å². The van der Waals surface area contributed by atoms with Crippen LogP contribution >= 0.6 is 0 Å². The SMILES string of the molecule is CC(=O)OCc1cccc(-c2ccccc2C(F)(F)F)c1. The number of esters is 1. The molecule has 0 atom stereocenters.